The molecule has 8 heteroatoms. The number of hydrogen-bond acceptors (Lipinski definition) is 7. The zero-order chi connectivity index (χ0) is 17.8. The molecular formula is C17H17N5O3. The van der Waals surface area contributed by atoms with Crippen LogP contribution in [0, 0.1) is 23.7 Å². The lowest BCUT2D eigenvalue weighted by Crippen LogP contribution is -2.18. The van der Waals surface area contributed by atoms with E-state index in [1.165, 1.54) is 13.3 Å². The molecule has 2 aromatic heterocycles. The number of fused-ring (bicyclic) bond motifs is 1. The van der Waals surface area contributed by atoms with Gasteiger partial charge in [-0.1, -0.05) is 5.92 Å². The van der Waals surface area contributed by atoms with E-state index in [0.717, 1.165) is 12.8 Å². The van der Waals surface area contributed by atoms with Gasteiger partial charge in [0.25, 0.3) is 0 Å². The van der Waals surface area contributed by atoms with Crippen LogP contribution in [0.5, 0.6) is 0 Å². The Hall–Kier alpha value is -3.10. The molecule has 3 rings (SSSR count). The van der Waals surface area contributed by atoms with E-state index in [2.05, 4.69) is 27.3 Å². The Morgan fingerprint density at radius 3 is 3.12 bits per heavy atom. The van der Waals surface area contributed by atoms with Gasteiger partial charge in [-0.2, -0.15) is 5.26 Å². The van der Waals surface area contributed by atoms with Crippen LogP contribution in [0.1, 0.15) is 31.6 Å². The van der Waals surface area contributed by atoms with Crippen LogP contribution in [0.3, 0.4) is 0 Å². The molecule has 2 atom stereocenters. The van der Waals surface area contributed by atoms with Crippen molar-refractivity contribution >= 4 is 22.8 Å². The molecule has 128 valence electrons. The highest BCUT2D eigenvalue weighted by molar-refractivity contribution is 5.93. The van der Waals surface area contributed by atoms with Crippen molar-refractivity contribution in [3.05, 3.63) is 18.1 Å². The van der Waals surface area contributed by atoms with Crippen molar-refractivity contribution in [1.82, 2.24) is 14.5 Å². The molecule has 0 aliphatic carbocycles. The van der Waals surface area contributed by atoms with Gasteiger partial charge in [0.05, 0.1) is 23.6 Å². The van der Waals surface area contributed by atoms with E-state index in [1.54, 1.807) is 6.20 Å². The smallest absolute Gasteiger partial charge is 0.302 e. The number of aromatic nitrogens is 3. The maximum Gasteiger partial charge on any atom is 0.302 e. The third-order valence-electron chi connectivity index (χ3n) is 3.96. The Kier molecular flexibility index (Phi) is 4.82. The van der Waals surface area contributed by atoms with Gasteiger partial charge >= 0.3 is 5.97 Å². The molecule has 1 fully saturated rings. The summed E-state index contributed by atoms with van der Waals surface area (Å²) in [6.07, 6.45) is 9.45. The molecule has 3 heterocycles. The number of rotatable bonds is 5. The van der Waals surface area contributed by atoms with Gasteiger partial charge in [-0.05, 0) is 12.8 Å². The number of ether oxygens (including phenoxy) is 2. The molecule has 0 amide bonds. The lowest BCUT2D eigenvalue weighted by molar-refractivity contribution is -0.145. The third kappa shape index (κ3) is 3.39. The lowest BCUT2D eigenvalue weighted by Gasteiger charge is -2.15. The van der Waals surface area contributed by atoms with Crippen molar-refractivity contribution in [2.45, 2.75) is 32.1 Å². The van der Waals surface area contributed by atoms with Gasteiger partial charge in [-0.15, -0.1) is 6.42 Å². The van der Waals surface area contributed by atoms with Gasteiger partial charge in [-0.3, -0.25) is 4.79 Å². The predicted molar refractivity (Wildman–Crippen MR) is 89.3 cm³/mol. The number of terminal acetylenes is 1. The van der Waals surface area contributed by atoms with Crippen LogP contribution < -0.4 is 5.32 Å². The van der Waals surface area contributed by atoms with E-state index < -0.39 is 0 Å². The summed E-state index contributed by atoms with van der Waals surface area (Å²) in [6, 6.07) is 2.16. The van der Waals surface area contributed by atoms with Crippen molar-refractivity contribution in [2.75, 3.05) is 18.5 Å². The molecule has 0 aromatic carbocycles. The summed E-state index contributed by atoms with van der Waals surface area (Å²) in [5.74, 6) is 2.67. The Morgan fingerprint density at radius 2 is 2.40 bits per heavy atom. The first-order chi connectivity index (χ1) is 12.1. The zero-order valence-corrected chi connectivity index (χ0v) is 13.7. The molecule has 2 aromatic rings. The molecule has 25 heavy (non-hydrogen) atoms. The van der Waals surface area contributed by atoms with Crippen LogP contribution >= 0.6 is 0 Å². The van der Waals surface area contributed by atoms with Gasteiger partial charge in [-0.25, -0.2) is 9.97 Å². The summed E-state index contributed by atoms with van der Waals surface area (Å²) in [5, 5.41) is 13.1. The fraction of sp³-hybridized carbons (Fsp3) is 0.412. The van der Waals surface area contributed by atoms with Crippen molar-refractivity contribution in [2.24, 2.45) is 0 Å². The fourth-order valence-electron chi connectivity index (χ4n) is 2.88. The second-order valence-corrected chi connectivity index (χ2v) is 5.63. The van der Waals surface area contributed by atoms with Crippen LogP contribution in [0.25, 0.3) is 11.0 Å². The Morgan fingerprint density at radius 1 is 1.56 bits per heavy atom. The highest BCUT2D eigenvalue weighted by Crippen LogP contribution is 2.34. The summed E-state index contributed by atoms with van der Waals surface area (Å²) in [6.45, 7) is 1.89. The number of nitriles is 1. The van der Waals surface area contributed by atoms with Crippen molar-refractivity contribution < 1.29 is 14.3 Å². The highest BCUT2D eigenvalue weighted by Gasteiger charge is 2.29. The minimum absolute atomic E-state index is 0.169. The largest absolute Gasteiger partial charge is 0.463 e. The first-order valence-electron chi connectivity index (χ1n) is 7.85. The Bertz CT molecular complexity index is 877. The number of esters is 1. The van der Waals surface area contributed by atoms with Crippen molar-refractivity contribution in [3.63, 3.8) is 0 Å². The molecule has 1 aliphatic rings. The third-order valence-corrected chi connectivity index (χ3v) is 3.96. The standard InChI is InChI=1S/C17H17N5O3/c1-3-6-19-16-15-12(7-18)8-22(17(15)21-10-20-16)14-5-4-13(25-14)9-24-11(2)23/h1,8,10,13-14H,4-6,9H2,2H3,(H,19,20,21)/t13?,14-/m1/s1. The SMILES string of the molecule is C#CCNc1ncnc2c1c(C#N)cn2[C@H]1CCC(COC(C)=O)O1. The predicted octanol–water partition coefficient (Wildman–Crippen LogP) is 1.59. The van der Waals surface area contributed by atoms with Gasteiger partial charge in [0, 0.05) is 13.1 Å². The van der Waals surface area contributed by atoms with Crippen LogP contribution in [-0.2, 0) is 14.3 Å². The molecule has 1 aliphatic heterocycles. The molecular weight excluding hydrogens is 322 g/mol. The molecule has 0 bridgehead atoms. The van der Waals surface area contributed by atoms with E-state index in [4.69, 9.17) is 15.9 Å². The van der Waals surface area contributed by atoms with Gasteiger partial charge in [0.15, 0.2) is 0 Å². The zero-order valence-electron chi connectivity index (χ0n) is 13.7. The van der Waals surface area contributed by atoms with E-state index in [-0.39, 0.29) is 24.9 Å². The molecule has 1 unspecified atom stereocenters. The molecule has 0 saturated carbocycles. The summed E-state index contributed by atoms with van der Waals surface area (Å²) in [4.78, 5) is 19.4. The van der Waals surface area contributed by atoms with Crippen LogP contribution in [0.2, 0.25) is 0 Å². The topological polar surface area (TPSA) is 102 Å². The van der Waals surface area contributed by atoms with Crippen molar-refractivity contribution in [1.29, 1.82) is 5.26 Å². The quantitative estimate of drug-likeness (QED) is 0.652. The number of nitrogens with one attached hydrogen (secondary N) is 1. The fourth-order valence-corrected chi connectivity index (χ4v) is 2.88. The van der Waals surface area contributed by atoms with Gasteiger partial charge < -0.3 is 19.4 Å². The summed E-state index contributed by atoms with van der Waals surface area (Å²) >= 11 is 0. The maximum atomic E-state index is 10.9. The van der Waals surface area contributed by atoms with E-state index in [9.17, 15) is 10.1 Å². The van der Waals surface area contributed by atoms with Crippen LogP contribution in [0.4, 0.5) is 5.82 Å². The Balaban J connectivity index is 1.89. The van der Waals surface area contributed by atoms with Gasteiger partial charge in [0.1, 0.15) is 36.7 Å². The van der Waals surface area contributed by atoms with E-state index >= 15 is 0 Å². The monoisotopic (exact) mass is 339 g/mol. The first kappa shape index (κ1) is 16.7. The minimum atomic E-state index is -0.331. The highest BCUT2D eigenvalue weighted by atomic mass is 16.6. The maximum absolute atomic E-state index is 10.9. The Labute approximate surface area is 144 Å². The van der Waals surface area contributed by atoms with Gasteiger partial charge in [0.2, 0.25) is 0 Å². The summed E-state index contributed by atoms with van der Waals surface area (Å²) < 4.78 is 12.8. The lowest BCUT2D eigenvalue weighted by atomic mass is 10.2. The number of carbonyl (C=O) groups excluding carboxylic acids is 1. The summed E-state index contributed by atoms with van der Waals surface area (Å²) in [5.41, 5.74) is 1.05. The average Bonchev–Trinajstić information content (AvgIpc) is 3.22. The second kappa shape index (κ2) is 7.20. The van der Waals surface area contributed by atoms with Crippen LogP contribution in [-0.4, -0.2) is 39.8 Å². The molecule has 1 saturated heterocycles. The van der Waals surface area contributed by atoms with Crippen molar-refractivity contribution in [3.8, 4) is 18.4 Å². The molecule has 1 N–H and O–H groups in total. The number of carbonyl (C=O) groups is 1. The van der Waals surface area contributed by atoms with E-state index in [0.29, 0.717) is 29.0 Å². The molecule has 0 spiro atoms. The molecule has 8 nitrogen and oxygen atoms in total. The average molecular weight is 339 g/mol. The minimum Gasteiger partial charge on any atom is -0.463 e. The molecule has 0 radical (unpaired) electrons. The van der Waals surface area contributed by atoms with Crippen LogP contribution in [0.15, 0.2) is 12.5 Å². The number of nitrogens with zero attached hydrogens (tertiary/aromatic N) is 4. The second-order valence-electron chi connectivity index (χ2n) is 5.63. The van der Waals surface area contributed by atoms with E-state index in [1.807, 2.05) is 4.57 Å². The summed E-state index contributed by atoms with van der Waals surface area (Å²) in [7, 11) is 0. The first-order valence-corrected chi connectivity index (χ1v) is 7.85. The normalized spacial score (nSPS) is 19.3. The number of anilines is 1. The number of hydrogen-bond donors (Lipinski definition) is 1.